The van der Waals surface area contributed by atoms with Crippen molar-refractivity contribution in [2.24, 2.45) is 5.41 Å². The van der Waals surface area contributed by atoms with Gasteiger partial charge in [-0.3, -0.25) is 0 Å². The van der Waals surface area contributed by atoms with Crippen molar-refractivity contribution in [2.75, 3.05) is 26.8 Å². The monoisotopic (exact) mass is 291 g/mol. The lowest BCUT2D eigenvalue weighted by atomic mass is 9.83. The quantitative estimate of drug-likeness (QED) is 0.616. The van der Waals surface area contributed by atoms with Crippen LogP contribution in [-0.2, 0) is 17.6 Å². The van der Waals surface area contributed by atoms with Gasteiger partial charge in [0, 0.05) is 13.7 Å². The molecule has 120 valence electrons. The van der Waals surface area contributed by atoms with Crippen LogP contribution in [0.2, 0.25) is 0 Å². The van der Waals surface area contributed by atoms with Crippen molar-refractivity contribution in [1.82, 2.24) is 5.32 Å². The molecule has 1 rings (SSSR count). The van der Waals surface area contributed by atoms with Crippen molar-refractivity contribution in [3.8, 4) is 0 Å². The number of hydrogen-bond donors (Lipinski definition) is 1. The Morgan fingerprint density at radius 1 is 0.952 bits per heavy atom. The van der Waals surface area contributed by atoms with Gasteiger partial charge in [0.25, 0.3) is 0 Å². The van der Waals surface area contributed by atoms with Crippen LogP contribution < -0.4 is 5.32 Å². The summed E-state index contributed by atoms with van der Waals surface area (Å²) in [6.45, 7) is 9.80. The Labute approximate surface area is 131 Å². The van der Waals surface area contributed by atoms with Gasteiger partial charge in [-0.05, 0) is 48.8 Å². The first-order valence-electron chi connectivity index (χ1n) is 8.35. The Bertz CT molecular complexity index is 370. The van der Waals surface area contributed by atoms with Crippen LogP contribution in [0.1, 0.15) is 51.2 Å². The fourth-order valence-electron chi connectivity index (χ4n) is 2.50. The number of aryl methyl sites for hydroxylation is 2. The highest BCUT2D eigenvalue weighted by Gasteiger charge is 2.17. The largest absolute Gasteiger partial charge is 0.383 e. The van der Waals surface area contributed by atoms with Gasteiger partial charge in [0.1, 0.15) is 0 Å². The molecule has 0 atom stereocenters. The van der Waals surface area contributed by atoms with Gasteiger partial charge in [-0.2, -0.15) is 0 Å². The molecule has 1 N–H and O–H groups in total. The van der Waals surface area contributed by atoms with E-state index in [1.807, 2.05) is 0 Å². The third-order valence-electron chi connectivity index (χ3n) is 4.11. The standard InChI is InChI=1S/C19H33NO/c1-5-6-17-7-9-18(10-8-17)11-12-19(2,3)13-14-20-15-16-21-4/h7-10,20H,5-6,11-16H2,1-4H3. The van der Waals surface area contributed by atoms with Gasteiger partial charge in [0.15, 0.2) is 0 Å². The summed E-state index contributed by atoms with van der Waals surface area (Å²) in [7, 11) is 1.75. The normalized spacial score (nSPS) is 11.8. The summed E-state index contributed by atoms with van der Waals surface area (Å²) in [6, 6.07) is 9.19. The van der Waals surface area contributed by atoms with E-state index in [1.54, 1.807) is 7.11 Å². The van der Waals surface area contributed by atoms with Gasteiger partial charge < -0.3 is 10.1 Å². The van der Waals surface area contributed by atoms with Crippen LogP contribution in [-0.4, -0.2) is 26.8 Å². The van der Waals surface area contributed by atoms with Crippen molar-refractivity contribution >= 4 is 0 Å². The molecule has 0 bridgehead atoms. The van der Waals surface area contributed by atoms with Crippen LogP contribution in [0.5, 0.6) is 0 Å². The fourth-order valence-corrected chi connectivity index (χ4v) is 2.50. The molecule has 0 aliphatic carbocycles. The maximum atomic E-state index is 5.04. The first kappa shape index (κ1) is 18.2. The molecule has 2 heteroatoms. The molecule has 1 aromatic carbocycles. The molecular formula is C19H33NO. The van der Waals surface area contributed by atoms with Crippen LogP contribution in [0.4, 0.5) is 0 Å². The summed E-state index contributed by atoms with van der Waals surface area (Å²) in [5.41, 5.74) is 3.32. The number of rotatable bonds is 11. The molecule has 0 unspecified atom stereocenters. The number of benzene rings is 1. The molecule has 21 heavy (non-hydrogen) atoms. The van der Waals surface area contributed by atoms with E-state index in [0.717, 1.165) is 19.7 Å². The van der Waals surface area contributed by atoms with E-state index in [4.69, 9.17) is 4.74 Å². The van der Waals surface area contributed by atoms with E-state index in [-0.39, 0.29) is 0 Å². The van der Waals surface area contributed by atoms with Crippen LogP contribution in [0, 0.1) is 5.41 Å². The van der Waals surface area contributed by atoms with Crippen molar-refractivity contribution < 1.29 is 4.74 Å². The summed E-state index contributed by atoms with van der Waals surface area (Å²) in [6.07, 6.45) is 6.05. The van der Waals surface area contributed by atoms with E-state index in [9.17, 15) is 0 Å². The summed E-state index contributed by atoms with van der Waals surface area (Å²) in [4.78, 5) is 0. The van der Waals surface area contributed by atoms with Crippen molar-refractivity contribution in [1.29, 1.82) is 0 Å². The predicted octanol–water partition coefficient (Wildman–Crippen LogP) is 4.22. The van der Waals surface area contributed by atoms with Crippen molar-refractivity contribution in [3.63, 3.8) is 0 Å². The molecule has 0 heterocycles. The Hall–Kier alpha value is -0.860. The molecule has 1 aromatic rings. The third-order valence-corrected chi connectivity index (χ3v) is 4.11. The summed E-state index contributed by atoms with van der Waals surface area (Å²) < 4.78 is 5.04. The molecule has 0 aromatic heterocycles. The number of hydrogen-bond acceptors (Lipinski definition) is 2. The van der Waals surface area contributed by atoms with Crippen LogP contribution >= 0.6 is 0 Å². The lowest BCUT2D eigenvalue weighted by Gasteiger charge is -2.25. The molecule has 0 fully saturated rings. The van der Waals surface area contributed by atoms with Gasteiger partial charge in [0.2, 0.25) is 0 Å². The molecule has 0 aliphatic rings. The first-order valence-corrected chi connectivity index (χ1v) is 8.35. The Balaban J connectivity index is 2.28. The summed E-state index contributed by atoms with van der Waals surface area (Å²) in [5, 5.41) is 3.44. The molecule has 0 radical (unpaired) electrons. The maximum Gasteiger partial charge on any atom is 0.0587 e. The fraction of sp³-hybridized carbons (Fsp3) is 0.684. The van der Waals surface area contributed by atoms with E-state index >= 15 is 0 Å². The van der Waals surface area contributed by atoms with Gasteiger partial charge in [0.05, 0.1) is 6.61 Å². The molecule has 0 amide bonds. The summed E-state index contributed by atoms with van der Waals surface area (Å²) >= 11 is 0. The van der Waals surface area contributed by atoms with E-state index in [1.165, 1.54) is 43.2 Å². The minimum atomic E-state index is 0.391. The van der Waals surface area contributed by atoms with E-state index in [2.05, 4.69) is 50.4 Å². The van der Waals surface area contributed by atoms with E-state index in [0.29, 0.717) is 5.41 Å². The zero-order valence-electron chi connectivity index (χ0n) is 14.4. The van der Waals surface area contributed by atoms with Crippen molar-refractivity contribution in [3.05, 3.63) is 35.4 Å². The molecule has 0 spiro atoms. The van der Waals surface area contributed by atoms with Crippen LogP contribution in [0.25, 0.3) is 0 Å². The highest BCUT2D eigenvalue weighted by Crippen LogP contribution is 2.26. The van der Waals surface area contributed by atoms with Crippen LogP contribution in [0.15, 0.2) is 24.3 Å². The van der Waals surface area contributed by atoms with Crippen LogP contribution in [0.3, 0.4) is 0 Å². The first-order chi connectivity index (χ1) is 10.1. The predicted molar refractivity (Wildman–Crippen MR) is 91.9 cm³/mol. The minimum absolute atomic E-state index is 0.391. The zero-order valence-corrected chi connectivity index (χ0v) is 14.4. The van der Waals surface area contributed by atoms with E-state index < -0.39 is 0 Å². The lowest BCUT2D eigenvalue weighted by molar-refractivity contribution is 0.197. The number of nitrogens with one attached hydrogen (secondary N) is 1. The second-order valence-electron chi connectivity index (χ2n) is 6.72. The molecular weight excluding hydrogens is 258 g/mol. The molecule has 2 nitrogen and oxygen atoms in total. The third kappa shape index (κ3) is 8.23. The minimum Gasteiger partial charge on any atom is -0.383 e. The Morgan fingerprint density at radius 2 is 1.57 bits per heavy atom. The Morgan fingerprint density at radius 3 is 2.14 bits per heavy atom. The molecule has 0 saturated heterocycles. The molecule has 0 aliphatic heterocycles. The lowest BCUT2D eigenvalue weighted by Crippen LogP contribution is -2.25. The highest BCUT2D eigenvalue weighted by atomic mass is 16.5. The molecule has 0 saturated carbocycles. The van der Waals surface area contributed by atoms with Crippen molar-refractivity contribution in [2.45, 2.75) is 52.9 Å². The SMILES string of the molecule is CCCc1ccc(CCC(C)(C)CCNCCOC)cc1. The number of methoxy groups -OCH3 is 1. The topological polar surface area (TPSA) is 21.3 Å². The van der Waals surface area contributed by atoms with Gasteiger partial charge in [-0.25, -0.2) is 0 Å². The smallest absolute Gasteiger partial charge is 0.0587 e. The average molecular weight is 291 g/mol. The highest BCUT2D eigenvalue weighted by molar-refractivity contribution is 5.22. The summed E-state index contributed by atoms with van der Waals surface area (Å²) in [5.74, 6) is 0. The van der Waals surface area contributed by atoms with Gasteiger partial charge in [-0.15, -0.1) is 0 Å². The number of ether oxygens (including phenoxy) is 1. The second kappa shape index (κ2) is 9.97. The second-order valence-corrected chi connectivity index (χ2v) is 6.72. The Kier molecular flexibility index (Phi) is 8.63. The average Bonchev–Trinajstić information content (AvgIpc) is 2.47. The maximum absolute atomic E-state index is 5.04. The zero-order chi connectivity index (χ0) is 15.6. The van der Waals surface area contributed by atoms with Gasteiger partial charge >= 0.3 is 0 Å². The van der Waals surface area contributed by atoms with Gasteiger partial charge in [-0.1, -0.05) is 51.5 Å².